The lowest BCUT2D eigenvalue weighted by molar-refractivity contribution is 0.0526. The molecule has 2 aromatic rings. The predicted molar refractivity (Wildman–Crippen MR) is 75.8 cm³/mol. The first-order valence-electron chi connectivity index (χ1n) is 6.06. The summed E-state index contributed by atoms with van der Waals surface area (Å²) in [7, 11) is 0. The molecule has 3 heteroatoms. The molecule has 0 saturated heterocycles. The van der Waals surface area contributed by atoms with E-state index in [0.717, 1.165) is 11.1 Å². The minimum absolute atomic E-state index is 0.00732. The standard InChI is InChI=1S/C16H14ClNO/c1-12(14-5-3-2-4-6-14)19-11-15-8-7-13(10-18)9-16(15)17/h2-9,12H,11H2,1H3. The predicted octanol–water partition coefficient (Wildman–Crippen LogP) is 4.49. The van der Waals surface area contributed by atoms with Crippen LogP contribution < -0.4 is 0 Å². The van der Waals surface area contributed by atoms with Crippen LogP contribution in [0.4, 0.5) is 0 Å². The molecule has 0 amide bonds. The Balaban J connectivity index is 2.01. The second-order valence-electron chi connectivity index (χ2n) is 4.28. The van der Waals surface area contributed by atoms with Crippen molar-refractivity contribution < 1.29 is 4.74 Å². The topological polar surface area (TPSA) is 33.0 Å². The zero-order valence-electron chi connectivity index (χ0n) is 10.6. The molecule has 2 rings (SSSR count). The molecule has 96 valence electrons. The minimum Gasteiger partial charge on any atom is -0.369 e. The molecule has 0 radical (unpaired) electrons. The maximum Gasteiger partial charge on any atom is 0.0992 e. The van der Waals surface area contributed by atoms with Gasteiger partial charge in [0.2, 0.25) is 0 Å². The minimum atomic E-state index is 0.00732. The van der Waals surface area contributed by atoms with Crippen molar-refractivity contribution in [1.29, 1.82) is 5.26 Å². The van der Waals surface area contributed by atoms with Crippen LogP contribution in [0.25, 0.3) is 0 Å². The van der Waals surface area contributed by atoms with Gasteiger partial charge in [-0.1, -0.05) is 48.0 Å². The first kappa shape index (κ1) is 13.6. The van der Waals surface area contributed by atoms with Gasteiger partial charge in [0.05, 0.1) is 24.3 Å². The lowest BCUT2D eigenvalue weighted by Crippen LogP contribution is -2.00. The smallest absolute Gasteiger partial charge is 0.0992 e. The van der Waals surface area contributed by atoms with Crippen molar-refractivity contribution in [2.24, 2.45) is 0 Å². The molecule has 1 atom stereocenters. The van der Waals surface area contributed by atoms with E-state index in [1.807, 2.05) is 43.3 Å². The highest BCUT2D eigenvalue weighted by Gasteiger charge is 2.07. The number of ether oxygens (including phenoxy) is 1. The van der Waals surface area contributed by atoms with Gasteiger partial charge in [0.15, 0.2) is 0 Å². The Morgan fingerprint density at radius 2 is 1.95 bits per heavy atom. The number of nitriles is 1. The molecule has 0 N–H and O–H groups in total. The monoisotopic (exact) mass is 271 g/mol. The molecule has 0 fully saturated rings. The van der Waals surface area contributed by atoms with Gasteiger partial charge in [-0.2, -0.15) is 5.26 Å². The fourth-order valence-electron chi connectivity index (χ4n) is 1.77. The first-order chi connectivity index (χ1) is 9.20. The van der Waals surface area contributed by atoms with Crippen LogP contribution in [0.15, 0.2) is 48.5 Å². The highest BCUT2D eigenvalue weighted by atomic mass is 35.5. The Hall–Kier alpha value is -1.82. The maximum atomic E-state index is 8.78. The second kappa shape index (κ2) is 6.38. The summed E-state index contributed by atoms with van der Waals surface area (Å²) in [4.78, 5) is 0. The van der Waals surface area contributed by atoms with E-state index >= 15 is 0 Å². The molecular weight excluding hydrogens is 258 g/mol. The molecule has 1 unspecified atom stereocenters. The molecule has 0 aromatic heterocycles. The van der Waals surface area contributed by atoms with Gasteiger partial charge >= 0.3 is 0 Å². The number of hydrogen-bond acceptors (Lipinski definition) is 2. The molecule has 0 aliphatic heterocycles. The van der Waals surface area contributed by atoms with Crippen molar-refractivity contribution >= 4 is 11.6 Å². The third-order valence-electron chi connectivity index (χ3n) is 2.94. The van der Waals surface area contributed by atoms with Crippen LogP contribution in [0.2, 0.25) is 5.02 Å². The fraction of sp³-hybridized carbons (Fsp3) is 0.188. The molecule has 2 aromatic carbocycles. The summed E-state index contributed by atoms with van der Waals surface area (Å²) >= 11 is 6.11. The number of nitrogens with zero attached hydrogens (tertiary/aromatic N) is 1. The van der Waals surface area contributed by atoms with Gasteiger partial charge in [-0.3, -0.25) is 0 Å². The lowest BCUT2D eigenvalue weighted by Gasteiger charge is -2.14. The van der Waals surface area contributed by atoms with Gasteiger partial charge in [0, 0.05) is 5.02 Å². The van der Waals surface area contributed by atoms with Crippen LogP contribution in [-0.2, 0) is 11.3 Å². The SMILES string of the molecule is CC(OCc1ccc(C#N)cc1Cl)c1ccccc1. The fourth-order valence-corrected chi connectivity index (χ4v) is 2.00. The van der Waals surface area contributed by atoms with Crippen LogP contribution in [-0.4, -0.2) is 0 Å². The Morgan fingerprint density at radius 3 is 2.58 bits per heavy atom. The Kier molecular flexibility index (Phi) is 4.57. The van der Waals surface area contributed by atoms with E-state index < -0.39 is 0 Å². The second-order valence-corrected chi connectivity index (χ2v) is 4.69. The summed E-state index contributed by atoms with van der Waals surface area (Å²) in [6.45, 7) is 2.44. The quantitative estimate of drug-likeness (QED) is 0.821. The summed E-state index contributed by atoms with van der Waals surface area (Å²) < 4.78 is 5.80. The number of hydrogen-bond donors (Lipinski definition) is 0. The van der Waals surface area contributed by atoms with Gasteiger partial charge in [-0.25, -0.2) is 0 Å². The molecule has 19 heavy (non-hydrogen) atoms. The van der Waals surface area contributed by atoms with Crippen LogP contribution in [0.1, 0.15) is 29.7 Å². The highest BCUT2D eigenvalue weighted by Crippen LogP contribution is 2.22. The van der Waals surface area contributed by atoms with Gasteiger partial charge in [-0.15, -0.1) is 0 Å². The van der Waals surface area contributed by atoms with Crippen molar-refractivity contribution in [2.75, 3.05) is 0 Å². The van der Waals surface area contributed by atoms with E-state index in [-0.39, 0.29) is 6.10 Å². The van der Waals surface area contributed by atoms with E-state index in [0.29, 0.717) is 17.2 Å². The first-order valence-corrected chi connectivity index (χ1v) is 6.43. The third-order valence-corrected chi connectivity index (χ3v) is 3.29. The summed E-state index contributed by atoms with van der Waals surface area (Å²) in [5, 5.41) is 9.35. The number of benzene rings is 2. The molecule has 2 nitrogen and oxygen atoms in total. The van der Waals surface area contributed by atoms with Crippen molar-refractivity contribution in [3.8, 4) is 6.07 Å². The Labute approximate surface area is 118 Å². The van der Waals surface area contributed by atoms with E-state index in [2.05, 4.69) is 6.07 Å². The summed E-state index contributed by atoms with van der Waals surface area (Å²) in [6, 6.07) is 17.3. The highest BCUT2D eigenvalue weighted by molar-refractivity contribution is 6.31. The molecule has 0 heterocycles. The van der Waals surface area contributed by atoms with Gasteiger partial charge < -0.3 is 4.74 Å². The third kappa shape index (κ3) is 3.57. The zero-order chi connectivity index (χ0) is 13.7. The molecule has 0 bridgehead atoms. The van der Waals surface area contributed by atoms with E-state index in [4.69, 9.17) is 21.6 Å². The number of rotatable bonds is 4. The maximum absolute atomic E-state index is 8.78. The Morgan fingerprint density at radius 1 is 1.21 bits per heavy atom. The molecule has 0 aliphatic carbocycles. The molecule has 0 saturated carbocycles. The van der Waals surface area contributed by atoms with Crippen LogP contribution in [0, 0.1) is 11.3 Å². The van der Waals surface area contributed by atoms with Crippen LogP contribution >= 0.6 is 11.6 Å². The van der Waals surface area contributed by atoms with E-state index in [1.165, 1.54) is 0 Å². The summed E-state index contributed by atoms with van der Waals surface area (Å²) in [5.74, 6) is 0. The van der Waals surface area contributed by atoms with Gasteiger partial charge in [-0.05, 0) is 30.2 Å². The molecule has 0 aliphatic rings. The van der Waals surface area contributed by atoms with E-state index in [1.54, 1.807) is 12.1 Å². The van der Waals surface area contributed by atoms with Gasteiger partial charge in [0.25, 0.3) is 0 Å². The lowest BCUT2D eigenvalue weighted by atomic mass is 10.1. The van der Waals surface area contributed by atoms with Crippen molar-refractivity contribution in [2.45, 2.75) is 19.6 Å². The van der Waals surface area contributed by atoms with Crippen molar-refractivity contribution in [1.82, 2.24) is 0 Å². The summed E-state index contributed by atoms with van der Waals surface area (Å²) in [6.07, 6.45) is 0.00732. The average Bonchev–Trinajstić information content (AvgIpc) is 2.46. The van der Waals surface area contributed by atoms with Crippen LogP contribution in [0.5, 0.6) is 0 Å². The zero-order valence-corrected chi connectivity index (χ0v) is 11.4. The number of halogens is 1. The van der Waals surface area contributed by atoms with Crippen LogP contribution in [0.3, 0.4) is 0 Å². The largest absolute Gasteiger partial charge is 0.369 e. The van der Waals surface area contributed by atoms with Gasteiger partial charge in [0.1, 0.15) is 0 Å². The summed E-state index contributed by atoms with van der Waals surface area (Å²) in [5.41, 5.74) is 2.58. The molecule has 0 spiro atoms. The average molecular weight is 272 g/mol. The molecular formula is C16H14ClNO. The Bertz CT molecular complexity index is 589. The van der Waals surface area contributed by atoms with Crippen molar-refractivity contribution in [3.63, 3.8) is 0 Å². The van der Waals surface area contributed by atoms with E-state index in [9.17, 15) is 0 Å². The van der Waals surface area contributed by atoms with Crippen molar-refractivity contribution in [3.05, 3.63) is 70.2 Å². The normalized spacial score (nSPS) is 11.8.